The Hall–Kier alpha value is -1.95. The Kier molecular flexibility index (Phi) is 10.5. The molecule has 142 valence electrons. The first-order valence-electron chi connectivity index (χ1n) is 9.13. The summed E-state index contributed by atoms with van der Waals surface area (Å²) < 4.78 is 10.7. The van der Waals surface area contributed by atoms with Gasteiger partial charge in [-0.25, -0.2) is 4.99 Å². The Morgan fingerprint density at radius 3 is 2.44 bits per heavy atom. The minimum atomic E-state index is 0.554. The van der Waals surface area contributed by atoms with Crippen molar-refractivity contribution < 1.29 is 9.47 Å². The van der Waals surface area contributed by atoms with E-state index in [-0.39, 0.29) is 0 Å². The fourth-order valence-corrected chi connectivity index (χ4v) is 2.54. The second-order valence-corrected chi connectivity index (χ2v) is 5.68. The molecule has 1 aromatic carbocycles. The zero-order valence-electron chi connectivity index (χ0n) is 16.4. The largest absolute Gasteiger partial charge is 0.497 e. The molecule has 1 rings (SSSR count). The van der Waals surface area contributed by atoms with Crippen LogP contribution >= 0.6 is 0 Å². The van der Waals surface area contributed by atoms with Crippen molar-refractivity contribution in [3.05, 3.63) is 23.8 Å². The monoisotopic (exact) mass is 350 g/mol. The van der Waals surface area contributed by atoms with E-state index >= 15 is 0 Å². The molecule has 2 N–H and O–H groups in total. The van der Waals surface area contributed by atoms with E-state index in [1.165, 1.54) is 0 Å². The summed E-state index contributed by atoms with van der Waals surface area (Å²) in [6.45, 7) is 12.1. The molecule has 0 aliphatic carbocycles. The molecule has 0 heterocycles. The van der Waals surface area contributed by atoms with Gasteiger partial charge >= 0.3 is 0 Å². The summed E-state index contributed by atoms with van der Waals surface area (Å²) >= 11 is 0. The zero-order chi connectivity index (χ0) is 18.5. The van der Waals surface area contributed by atoms with Gasteiger partial charge in [0.2, 0.25) is 0 Å². The molecule has 0 spiro atoms. The van der Waals surface area contributed by atoms with Crippen LogP contribution in [0.25, 0.3) is 0 Å². The molecule has 6 nitrogen and oxygen atoms in total. The number of guanidine groups is 1. The molecule has 0 aliphatic heterocycles. The lowest BCUT2D eigenvalue weighted by molar-refractivity contribution is 0.300. The quantitative estimate of drug-likeness (QED) is 0.365. The minimum absolute atomic E-state index is 0.554. The van der Waals surface area contributed by atoms with E-state index in [1.807, 2.05) is 18.2 Å². The smallest absolute Gasteiger partial charge is 0.191 e. The Balaban J connectivity index is 2.60. The summed E-state index contributed by atoms with van der Waals surface area (Å²) in [5.74, 6) is 2.41. The van der Waals surface area contributed by atoms with Crippen molar-refractivity contribution in [3.63, 3.8) is 0 Å². The molecule has 0 amide bonds. The van der Waals surface area contributed by atoms with Crippen LogP contribution in [-0.2, 0) is 6.54 Å². The average molecular weight is 351 g/mol. The summed E-state index contributed by atoms with van der Waals surface area (Å²) in [5, 5.41) is 6.69. The van der Waals surface area contributed by atoms with Gasteiger partial charge in [-0.15, -0.1) is 0 Å². The number of methoxy groups -OCH3 is 2. The maximum atomic E-state index is 5.43. The molecule has 6 heteroatoms. The van der Waals surface area contributed by atoms with Gasteiger partial charge in [-0.2, -0.15) is 0 Å². The van der Waals surface area contributed by atoms with Gasteiger partial charge in [0.1, 0.15) is 11.5 Å². The van der Waals surface area contributed by atoms with Crippen molar-refractivity contribution in [2.24, 2.45) is 4.99 Å². The molecular weight excluding hydrogens is 316 g/mol. The average Bonchev–Trinajstić information content (AvgIpc) is 2.65. The second kappa shape index (κ2) is 12.4. The molecule has 0 unspecified atom stereocenters. The van der Waals surface area contributed by atoms with Crippen LogP contribution in [0.1, 0.15) is 32.8 Å². The van der Waals surface area contributed by atoms with Gasteiger partial charge in [0.05, 0.1) is 20.8 Å². The summed E-state index contributed by atoms with van der Waals surface area (Å²) in [6, 6.07) is 5.80. The third kappa shape index (κ3) is 7.65. The molecular formula is C19H34N4O2. The second-order valence-electron chi connectivity index (χ2n) is 5.68. The van der Waals surface area contributed by atoms with Gasteiger partial charge in [-0.3, -0.25) is 0 Å². The van der Waals surface area contributed by atoms with E-state index < -0.39 is 0 Å². The Morgan fingerprint density at radius 2 is 1.84 bits per heavy atom. The topological polar surface area (TPSA) is 58.1 Å². The molecule has 0 bridgehead atoms. The molecule has 0 radical (unpaired) electrons. The molecule has 0 atom stereocenters. The molecule has 0 fully saturated rings. The van der Waals surface area contributed by atoms with Crippen LogP contribution in [0.4, 0.5) is 0 Å². The summed E-state index contributed by atoms with van der Waals surface area (Å²) in [5.41, 5.74) is 1.03. The number of hydrogen-bond acceptors (Lipinski definition) is 4. The predicted molar refractivity (Wildman–Crippen MR) is 105 cm³/mol. The number of aliphatic imine (C=N–C) groups is 1. The van der Waals surface area contributed by atoms with E-state index in [4.69, 9.17) is 9.47 Å². The maximum absolute atomic E-state index is 5.43. The SMILES string of the molecule is CCNC(=NCc1ccc(OC)cc1OC)NCCCN(CC)CC. The number of benzene rings is 1. The van der Waals surface area contributed by atoms with Crippen LogP contribution in [0.15, 0.2) is 23.2 Å². The predicted octanol–water partition coefficient (Wildman–Crippen LogP) is 2.49. The lowest BCUT2D eigenvalue weighted by Crippen LogP contribution is -2.38. The van der Waals surface area contributed by atoms with Crippen molar-refractivity contribution in [1.29, 1.82) is 0 Å². The zero-order valence-corrected chi connectivity index (χ0v) is 16.4. The van der Waals surface area contributed by atoms with Gasteiger partial charge < -0.3 is 25.0 Å². The van der Waals surface area contributed by atoms with E-state index in [9.17, 15) is 0 Å². The van der Waals surface area contributed by atoms with E-state index in [0.717, 1.165) is 62.2 Å². The molecule has 0 aromatic heterocycles. The van der Waals surface area contributed by atoms with Crippen LogP contribution in [0.3, 0.4) is 0 Å². The molecule has 0 aliphatic rings. The lowest BCUT2D eigenvalue weighted by Gasteiger charge is -2.18. The van der Waals surface area contributed by atoms with Crippen molar-refractivity contribution in [1.82, 2.24) is 15.5 Å². The summed E-state index contributed by atoms with van der Waals surface area (Å²) in [6.07, 6.45) is 1.10. The van der Waals surface area contributed by atoms with Crippen LogP contribution in [0.5, 0.6) is 11.5 Å². The van der Waals surface area contributed by atoms with Crippen molar-refractivity contribution in [2.75, 3.05) is 46.9 Å². The van der Waals surface area contributed by atoms with Gasteiger partial charge in [-0.1, -0.05) is 13.8 Å². The Labute approximate surface area is 152 Å². The van der Waals surface area contributed by atoms with Crippen molar-refractivity contribution in [2.45, 2.75) is 33.7 Å². The first-order chi connectivity index (χ1) is 12.2. The first kappa shape index (κ1) is 21.1. The van der Waals surface area contributed by atoms with Gasteiger partial charge in [0.15, 0.2) is 5.96 Å². The highest BCUT2D eigenvalue weighted by Gasteiger charge is 2.05. The maximum Gasteiger partial charge on any atom is 0.191 e. The lowest BCUT2D eigenvalue weighted by atomic mass is 10.2. The Morgan fingerprint density at radius 1 is 1.08 bits per heavy atom. The Bertz CT molecular complexity index is 516. The van der Waals surface area contributed by atoms with E-state index in [1.54, 1.807) is 14.2 Å². The van der Waals surface area contributed by atoms with Crippen molar-refractivity contribution in [3.8, 4) is 11.5 Å². The van der Waals surface area contributed by atoms with Crippen LogP contribution in [0.2, 0.25) is 0 Å². The summed E-state index contributed by atoms with van der Waals surface area (Å²) in [7, 11) is 3.32. The van der Waals surface area contributed by atoms with E-state index in [0.29, 0.717) is 6.54 Å². The highest BCUT2D eigenvalue weighted by atomic mass is 16.5. The minimum Gasteiger partial charge on any atom is -0.497 e. The molecule has 0 saturated carbocycles. The number of hydrogen-bond donors (Lipinski definition) is 2. The molecule has 1 aromatic rings. The number of nitrogens with one attached hydrogen (secondary N) is 2. The van der Waals surface area contributed by atoms with Crippen LogP contribution in [-0.4, -0.2) is 57.8 Å². The molecule has 25 heavy (non-hydrogen) atoms. The third-order valence-electron chi connectivity index (χ3n) is 4.08. The highest BCUT2D eigenvalue weighted by molar-refractivity contribution is 5.79. The number of nitrogens with zero attached hydrogens (tertiary/aromatic N) is 2. The molecule has 0 saturated heterocycles. The fourth-order valence-electron chi connectivity index (χ4n) is 2.54. The van der Waals surface area contributed by atoms with Crippen LogP contribution in [0, 0.1) is 0 Å². The highest BCUT2D eigenvalue weighted by Crippen LogP contribution is 2.25. The van der Waals surface area contributed by atoms with Crippen LogP contribution < -0.4 is 20.1 Å². The fraction of sp³-hybridized carbons (Fsp3) is 0.632. The van der Waals surface area contributed by atoms with Gasteiger partial charge in [0.25, 0.3) is 0 Å². The third-order valence-corrected chi connectivity index (χ3v) is 4.08. The standard InChI is InChI=1S/C19H34N4O2/c1-6-20-19(21-12-9-13-23(7-2)8-3)22-15-16-10-11-17(24-4)14-18(16)25-5/h10-11,14H,6-9,12-13,15H2,1-5H3,(H2,20,21,22). The number of ether oxygens (including phenoxy) is 2. The van der Waals surface area contributed by atoms with Crippen molar-refractivity contribution >= 4 is 5.96 Å². The van der Waals surface area contributed by atoms with Gasteiger partial charge in [-0.05, 0) is 45.1 Å². The summed E-state index contributed by atoms with van der Waals surface area (Å²) in [4.78, 5) is 7.09. The number of rotatable bonds is 11. The van der Waals surface area contributed by atoms with E-state index in [2.05, 4.69) is 41.3 Å². The van der Waals surface area contributed by atoms with Gasteiger partial charge in [0, 0.05) is 24.7 Å². The first-order valence-corrected chi connectivity index (χ1v) is 9.13. The normalized spacial score (nSPS) is 11.5.